The van der Waals surface area contributed by atoms with E-state index in [0.29, 0.717) is 11.1 Å². The number of aromatic hydroxyl groups is 2. The molecule has 2 N–H and O–H groups in total. The van der Waals surface area contributed by atoms with E-state index in [1.54, 1.807) is 24.3 Å². The first kappa shape index (κ1) is 16.8. The quantitative estimate of drug-likeness (QED) is 0.347. The van der Waals surface area contributed by atoms with Gasteiger partial charge in [-0.05, 0) is 6.07 Å². The van der Waals surface area contributed by atoms with Crippen LogP contribution in [-0.2, 0) is 10.3 Å². The highest BCUT2D eigenvalue weighted by atomic mass is 31.2. The van der Waals surface area contributed by atoms with E-state index >= 15 is 0 Å². The molecule has 9 rings (SSSR count). The zero-order valence-corrected chi connectivity index (χ0v) is 17.6. The molecule has 162 valence electrons. The molecular weight excluding hydrogens is 478 g/mol. The lowest BCUT2D eigenvalue weighted by Crippen LogP contribution is -2.33. The molecule has 2 unspecified atom stereocenters. The van der Waals surface area contributed by atoms with Crippen LogP contribution in [0, 0.1) is 0 Å². The molecule has 1 spiro atoms. The fraction of sp³-hybridized carbons (Fsp3) is 0.0500. The number of phenolic OH excluding ortho intramolecular Hbond substituents is 2. The maximum atomic E-state index is 13.1. The Hall–Kier alpha value is -3.81. The summed E-state index contributed by atoms with van der Waals surface area (Å²) in [6, 6.07) is 6.87. The minimum absolute atomic E-state index is 0.0177. The standard InChI is InChI=1S/C20H6O11P2/c21-9-15-11-7(13-17(9)30-32(26-13)28-15)20(6-4-2-1-3-5(6)19(23)25-20)8-12(24-11)16-10(22)18-14(8)27-33(29-16)31-18/h1-4,21-22H. The number of hydrogen-bond donors (Lipinski definition) is 2. The van der Waals surface area contributed by atoms with Crippen LogP contribution in [0.3, 0.4) is 0 Å². The highest BCUT2D eigenvalue weighted by Gasteiger charge is 2.64. The van der Waals surface area contributed by atoms with E-state index < -0.39 is 28.8 Å². The Morgan fingerprint density at radius 2 is 1.15 bits per heavy atom. The summed E-state index contributed by atoms with van der Waals surface area (Å²) in [6.07, 6.45) is 0. The van der Waals surface area contributed by atoms with Crippen molar-refractivity contribution < 1.29 is 51.6 Å². The maximum absolute atomic E-state index is 13.1. The molecule has 6 aliphatic rings. The SMILES string of the molecule is O=C1OC2(c3ccccc31)c1c(c3c(O)c4c1OP(O3)O4)Oc1c3c(O)c4c(c12)OP(O3)O4. The number of fused-ring (bicyclic) bond motifs is 14. The molecule has 3 aromatic rings. The number of rotatable bonds is 0. The Balaban J connectivity index is 1.51. The molecule has 3 aromatic carbocycles. The summed E-state index contributed by atoms with van der Waals surface area (Å²) in [5.74, 6) is -0.676. The Morgan fingerprint density at radius 1 is 0.667 bits per heavy atom. The first-order valence-electron chi connectivity index (χ1n) is 9.62. The van der Waals surface area contributed by atoms with Crippen LogP contribution in [0.4, 0.5) is 0 Å². The summed E-state index contributed by atoms with van der Waals surface area (Å²) in [6.45, 7) is 0. The monoisotopic (exact) mass is 484 g/mol. The first-order valence-corrected chi connectivity index (χ1v) is 11.8. The van der Waals surface area contributed by atoms with Crippen molar-refractivity contribution in [1.82, 2.24) is 0 Å². The van der Waals surface area contributed by atoms with Crippen LogP contribution in [-0.4, -0.2) is 16.2 Å². The second kappa shape index (κ2) is 4.90. The van der Waals surface area contributed by atoms with Gasteiger partial charge in [0.15, 0.2) is 23.0 Å². The van der Waals surface area contributed by atoms with E-state index in [9.17, 15) is 15.0 Å². The van der Waals surface area contributed by atoms with Crippen LogP contribution in [0.2, 0.25) is 0 Å². The summed E-state index contributed by atoms with van der Waals surface area (Å²) >= 11 is 0. The zero-order chi connectivity index (χ0) is 21.8. The lowest BCUT2D eigenvalue weighted by Gasteiger charge is -2.37. The molecule has 0 saturated heterocycles. The average molecular weight is 484 g/mol. The molecule has 2 atom stereocenters. The van der Waals surface area contributed by atoms with Crippen LogP contribution in [0.5, 0.6) is 57.5 Å². The number of carbonyl (C=O) groups is 1. The molecule has 6 heterocycles. The minimum Gasteiger partial charge on any atom is -0.501 e. The molecule has 6 bridgehead atoms. The van der Waals surface area contributed by atoms with Crippen molar-refractivity contribution in [2.45, 2.75) is 5.60 Å². The van der Waals surface area contributed by atoms with E-state index in [1.165, 1.54) is 0 Å². The van der Waals surface area contributed by atoms with Gasteiger partial charge in [-0.25, -0.2) is 4.79 Å². The van der Waals surface area contributed by atoms with E-state index in [4.69, 9.17) is 36.6 Å². The highest BCUT2D eigenvalue weighted by Crippen LogP contribution is 2.79. The molecule has 0 fully saturated rings. The molecule has 6 aliphatic heterocycles. The fourth-order valence-electron chi connectivity index (χ4n) is 5.02. The number of ether oxygens (including phenoxy) is 2. The summed E-state index contributed by atoms with van der Waals surface area (Å²) in [7, 11) is -3.71. The summed E-state index contributed by atoms with van der Waals surface area (Å²) in [5, 5.41) is 21.4. The normalized spacial score (nSPS) is 26.1. The van der Waals surface area contributed by atoms with Gasteiger partial charge in [0, 0.05) is 5.56 Å². The third-order valence-corrected chi connectivity index (χ3v) is 8.26. The van der Waals surface area contributed by atoms with Gasteiger partial charge in [0.25, 0.3) is 0 Å². The maximum Gasteiger partial charge on any atom is 0.530 e. The Morgan fingerprint density at radius 3 is 1.73 bits per heavy atom. The second-order valence-corrected chi connectivity index (χ2v) is 9.78. The average Bonchev–Trinajstić information content (AvgIpc) is 3.36. The van der Waals surface area contributed by atoms with Crippen molar-refractivity contribution in [1.29, 1.82) is 0 Å². The predicted octanol–water partition coefficient (Wildman–Crippen LogP) is 4.45. The van der Waals surface area contributed by atoms with Crippen LogP contribution in [0.15, 0.2) is 24.3 Å². The van der Waals surface area contributed by atoms with Crippen molar-refractivity contribution in [3.8, 4) is 57.5 Å². The Bertz CT molecular complexity index is 1470. The first-order chi connectivity index (χ1) is 16.1. The summed E-state index contributed by atoms with van der Waals surface area (Å²) < 4.78 is 46.6. The van der Waals surface area contributed by atoms with E-state index in [-0.39, 0.29) is 68.6 Å². The highest BCUT2D eigenvalue weighted by molar-refractivity contribution is 7.44. The summed E-state index contributed by atoms with van der Waals surface area (Å²) in [4.78, 5) is 13.1. The summed E-state index contributed by atoms with van der Waals surface area (Å²) in [5.41, 5.74) is -0.272. The van der Waals surface area contributed by atoms with Gasteiger partial charge < -0.3 is 46.8 Å². The molecule has 13 heteroatoms. The van der Waals surface area contributed by atoms with Gasteiger partial charge in [0.1, 0.15) is 0 Å². The van der Waals surface area contributed by atoms with Gasteiger partial charge in [-0.15, -0.1) is 0 Å². The topological polar surface area (TPSA) is 131 Å². The molecule has 0 saturated carbocycles. The Labute approximate surface area is 184 Å². The third kappa shape index (κ3) is 1.59. The molecule has 0 amide bonds. The molecule has 0 radical (unpaired) electrons. The fourth-order valence-corrected chi connectivity index (χ4v) is 7.16. The van der Waals surface area contributed by atoms with Crippen LogP contribution in [0.25, 0.3) is 0 Å². The largest absolute Gasteiger partial charge is 0.530 e. The Kier molecular flexibility index (Phi) is 2.49. The van der Waals surface area contributed by atoms with Crippen molar-refractivity contribution in [2.24, 2.45) is 0 Å². The van der Waals surface area contributed by atoms with Gasteiger partial charge in [-0.3, -0.25) is 0 Å². The number of benzene rings is 3. The molecule has 0 aliphatic carbocycles. The van der Waals surface area contributed by atoms with Crippen LogP contribution < -0.4 is 31.9 Å². The number of hydrogen-bond acceptors (Lipinski definition) is 11. The van der Waals surface area contributed by atoms with Gasteiger partial charge in [-0.2, -0.15) is 0 Å². The van der Waals surface area contributed by atoms with E-state index in [1.807, 2.05) is 0 Å². The molecule has 33 heavy (non-hydrogen) atoms. The van der Waals surface area contributed by atoms with E-state index in [2.05, 4.69) is 0 Å². The van der Waals surface area contributed by atoms with Gasteiger partial charge in [0.05, 0.1) is 16.7 Å². The zero-order valence-electron chi connectivity index (χ0n) is 15.8. The minimum atomic E-state index is -1.86. The number of carbonyl (C=O) groups excluding carboxylic acids is 1. The number of phenols is 2. The molecule has 0 aromatic heterocycles. The van der Waals surface area contributed by atoms with Crippen molar-refractivity contribution in [3.63, 3.8) is 0 Å². The van der Waals surface area contributed by atoms with Crippen molar-refractivity contribution in [3.05, 3.63) is 46.5 Å². The number of esters is 1. The van der Waals surface area contributed by atoms with Gasteiger partial charge >= 0.3 is 23.2 Å². The lowest BCUT2D eigenvalue weighted by atomic mass is 9.76. The molecule has 11 nitrogen and oxygen atoms in total. The van der Waals surface area contributed by atoms with Crippen molar-refractivity contribution in [2.75, 3.05) is 0 Å². The van der Waals surface area contributed by atoms with Gasteiger partial charge in [0.2, 0.25) is 40.1 Å². The second-order valence-electron chi connectivity index (χ2n) is 7.79. The van der Waals surface area contributed by atoms with Gasteiger partial charge in [-0.1, -0.05) is 18.2 Å². The lowest BCUT2D eigenvalue weighted by molar-refractivity contribution is 0.0216. The van der Waals surface area contributed by atoms with Crippen LogP contribution >= 0.6 is 17.2 Å². The third-order valence-electron chi connectivity index (χ3n) is 6.27. The smallest absolute Gasteiger partial charge is 0.501 e. The van der Waals surface area contributed by atoms with Crippen molar-refractivity contribution >= 4 is 23.2 Å². The molecular formula is C20H6O11P2. The van der Waals surface area contributed by atoms with Crippen LogP contribution in [0.1, 0.15) is 27.0 Å². The van der Waals surface area contributed by atoms with E-state index in [0.717, 1.165) is 0 Å². The predicted molar refractivity (Wildman–Crippen MR) is 106 cm³/mol.